The number of fused-ring (bicyclic) bond motifs is 3. The molecular formula is C14H16N4O2. The minimum atomic E-state index is -0.473. The van der Waals surface area contributed by atoms with Crippen LogP contribution in [0.1, 0.15) is 12.7 Å². The van der Waals surface area contributed by atoms with Crippen LogP contribution in [0.15, 0.2) is 18.2 Å². The second-order valence-corrected chi connectivity index (χ2v) is 4.93. The number of aliphatic hydroxyl groups excluding tert-OH is 1. The van der Waals surface area contributed by atoms with Gasteiger partial charge in [0, 0.05) is 17.4 Å². The molecule has 0 bridgehead atoms. The van der Waals surface area contributed by atoms with Crippen LogP contribution in [-0.2, 0) is 0 Å². The molecule has 0 aliphatic heterocycles. The van der Waals surface area contributed by atoms with E-state index in [1.165, 1.54) is 0 Å². The molecular weight excluding hydrogens is 256 g/mol. The topological polar surface area (TPSA) is 94.1 Å². The molecule has 1 aromatic carbocycles. The van der Waals surface area contributed by atoms with Gasteiger partial charge in [-0.3, -0.25) is 0 Å². The van der Waals surface area contributed by atoms with Crippen LogP contribution in [0.4, 0.5) is 5.82 Å². The molecule has 0 amide bonds. The molecule has 3 aromatic rings. The highest BCUT2D eigenvalue weighted by Crippen LogP contribution is 2.31. The Labute approximate surface area is 115 Å². The Kier molecular flexibility index (Phi) is 2.94. The van der Waals surface area contributed by atoms with Gasteiger partial charge in [-0.2, -0.15) is 0 Å². The van der Waals surface area contributed by atoms with Crippen molar-refractivity contribution in [2.45, 2.75) is 20.0 Å². The molecule has 4 N–H and O–H groups in total. The van der Waals surface area contributed by atoms with Gasteiger partial charge >= 0.3 is 0 Å². The van der Waals surface area contributed by atoms with E-state index in [4.69, 9.17) is 0 Å². The predicted molar refractivity (Wildman–Crippen MR) is 78.0 cm³/mol. The van der Waals surface area contributed by atoms with Crippen LogP contribution in [-0.4, -0.2) is 37.8 Å². The van der Waals surface area contributed by atoms with Crippen molar-refractivity contribution < 1.29 is 10.2 Å². The lowest BCUT2D eigenvalue weighted by Crippen LogP contribution is -2.16. The fourth-order valence-corrected chi connectivity index (χ4v) is 2.27. The van der Waals surface area contributed by atoms with Crippen LogP contribution in [0.25, 0.3) is 21.9 Å². The number of aromatic amines is 1. The monoisotopic (exact) mass is 272 g/mol. The Morgan fingerprint density at radius 3 is 2.90 bits per heavy atom. The standard InChI is InChI=1S/C14H16N4O2/c1-7(19)6-15-13-12-10-5-9(20)3-4-11(10)18-14(12)17-8(2)16-13/h3-5,7,19-20H,6H2,1-2H3,(H2,15,16,17,18). The number of benzene rings is 1. The molecule has 6 nitrogen and oxygen atoms in total. The fourth-order valence-electron chi connectivity index (χ4n) is 2.27. The molecule has 0 aliphatic rings. The lowest BCUT2D eigenvalue weighted by atomic mass is 10.2. The van der Waals surface area contributed by atoms with Crippen molar-refractivity contribution in [1.29, 1.82) is 0 Å². The van der Waals surface area contributed by atoms with E-state index in [1.54, 1.807) is 25.1 Å². The van der Waals surface area contributed by atoms with Crippen LogP contribution < -0.4 is 5.32 Å². The zero-order valence-electron chi connectivity index (χ0n) is 11.3. The van der Waals surface area contributed by atoms with Crippen LogP contribution in [0.5, 0.6) is 5.75 Å². The molecule has 1 atom stereocenters. The highest BCUT2D eigenvalue weighted by atomic mass is 16.3. The first kappa shape index (κ1) is 12.7. The Bertz CT molecular complexity index is 780. The van der Waals surface area contributed by atoms with E-state index in [0.29, 0.717) is 23.8 Å². The van der Waals surface area contributed by atoms with Crippen LogP contribution in [0.2, 0.25) is 0 Å². The molecule has 0 saturated carbocycles. The summed E-state index contributed by atoms with van der Waals surface area (Å²) in [5, 5.41) is 23.9. The Balaban J connectivity index is 2.25. The number of nitrogens with one attached hydrogen (secondary N) is 2. The molecule has 1 unspecified atom stereocenters. The van der Waals surface area contributed by atoms with E-state index < -0.39 is 6.10 Å². The number of phenols is 1. The summed E-state index contributed by atoms with van der Waals surface area (Å²) in [6.45, 7) is 3.92. The van der Waals surface area contributed by atoms with Gasteiger partial charge in [-0.25, -0.2) is 9.97 Å². The van der Waals surface area contributed by atoms with Crippen molar-refractivity contribution in [3.63, 3.8) is 0 Å². The van der Waals surface area contributed by atoms with E-state index >= 15 is 0 Å². The quantitative estimate of drug-likeness (QED) is 0.584. The summed E-state index contributed by atoms with van der Waals surface area (Å²) in [6, 6.07) is 5.11. The van der Waals surface area contributed by atoms with Crippen molar-refractivity contribution >= 4 is 27.8 Å². The minimum Gasteiger partial charge on any atom is -0.508 e. The molecule has 2 heterocycles. The van der Waals surface area contributed by atoms with Gasteiger partial charge in [-0.1, -0.05) is 0 Å². The van der Waals surface area contributed by atoms with Gasteiger partial charge in [0.2, 0.25) is 0 Å². The number of aliphatic hydroxyl groups is 1. The molecule has 0 saturated heterocycles. The van der Waals surface area contributed by atoms with Gasteiger partial charge in [-0.15, -0.1) is 0 Å². The maximum atomic E-state index is 9.66. The third-order valence-electron chi connectivity index (χ3n) is 3.11. The van der Waals surface area contributed by atoms with Crippen molar-refractivity contribution in [3.05, 3.63) is 24.0 Å². The fraction of sp³-hybridized carbons (Fsp3) is 0.286. The summed E-state index contributed by atoms with van der Waals surface area (Å²) in [6.07, 6.45) is -0.473. The van der Waals surface area contributed by atoms with Crippen molar-refractivity contribution in [2.75, 3.05) is 11.9 Å². The minimum absolute atomic E-state index is 0.195. The van der Waals surface area contributed by atoms with E-state index in [2.05, 4.69) is 20.3 Å². The lowest BCUT2D eigenvalue weighted by Gasteiger charge is -2.09. The highest BCUT2D eigenvalue weighted by Gasteiger charge is 2.13. The molecule has 0 fully saturated rings. The number of anilines is 1. The molecule has 2 aromatic heterocycles. The van der Waals surface area contributed by atoms with Crippen LogP contribution in [0.3, 0.4) is 0 Å². The maximum Gasteiger partial charge on any atom is 0.144 e. The Morgan fingerprint density at radius 2 is 2.15 bits per heavy atom. The third kappa shape index (κ3) is 2.14. The number of aromatic nitrogens is 3. The Morgan fingerprint density at radius 1 is 1.35 bits per heavy atom. The zero-order chi connectivity index (χ0) is 14.3. The molecule has 0 spiro atoms. The number of phenolic OH excluding ortho intramolecular Hbond substituents is 1. The van der Waals surface area contributed by atoms with Crippen LogP contribution >= 0.6 is 0 Å². The normalized spacial score (nSPS) is 12.9. The van der Waals surface area contributed by atoms with Crippen molar-refractivity contribution in [2.24, 2.45) is 0 Å². The SMILES string of the molecule is Cc1nc(NCC(C)O)c2c(n1)[nH]c1ccc(O)cc12. The van der Waals surface area contributed by atoms with Crippen molar-refractivity contribution in [1.82, 2.24) is 15.0 Å². The number of nitrogens with zero attached hydrogens (tertiary/aromatic N) is 2. The number of aromatic hydroxyl groups is 1. The van der Waals surface area contributed by atoms with Crippen LogP contribution in [0, 0.1) is 6.92 Å². The maximum absolute atomic E-state index is 9.66. The zero-order valence-corrected chi connectivity index (χ0v) is 11.3. The highest BCUT2D eigenvalue weighted by molar-refractivity contribution is 6.11. The second kappa shape index (κ2) is 4.64. The first-order valence-electron chi connectivity index (χ1n) is 6.45. The molecule has 104 valence electrons. The average Bonchev–Trinajstić information content (AvgIpc) is 2.73. The van der Waals surface area contributed by atoms with Gasteiger partial charge in [0.25, 0.3) is 0 Å². The van der Waals surface area contributed by atoms with E-state index in [0.717, 1.165) is 16.3 Å². The van der Waals surface area contributed by atoms with Gasteiger partial charge in [0.1, 0.15) is 23.0 Å². The summed E-state index contributed by atoms with van der Waals surface area (Å²) in [5.41, 5.74) is 1.60. The molecule has 20 heavy (non-hydrogen) atoms. The summed E-state index contributed by atoms with van der Waals surface area (Å²) in [4.78, 5) is 12.0. The van der Waals surface area contributed by atoms with Gasteiger partial charge in [0.15, 0.2) is 0 Å². The third-order valence-corrected chi connectivity index (χ3v) is 3.11. The largest absolute Gasteiger partial charge is 0.508 e. The number of hydrogen-bond acceptors (Lipinski definition) is 5. The number of aryl methyl sites for hydroxylation is 1. The second-order valence-electron chi connectivity index (χ2n) is 4.93. The molecule has 0 radical (unpaired) electrons. The molecule has 6 heteroatoms. The number of H-pyrrole nitrogens is 1. The number of rotatable bonds is 3. The smallest absolute Gasteiger partial charge is 0.144 e. The van der Waals surface area contributed by atoms with E-state index in [1.807, 2.05) is 6.92 Å². The molecule has 0 aliphatic carbocycles. The summed E-state index contributed by atoms with van der Waals surface area (Å²) < 4.78 is 0. The van der Waals surface area contributed by atoms with E-state index in [9.17, 15) is 10.2 Å². The first-order chi connectivity index (χ1) is 9.54. The first-order valence-corrected chi connectivity index (χ1v) is 6.45. The molecule has 3 rings (SSSR count). The van der Waals surface area contributed by atoms with Gasteiger partial charge in [-0.05, 0) is 32.0 Å². The van der Waals surface area contributed by atoms with Crippen molar-refractivity contribution in [3.8, 4) is 5.75 Å². The van der Waals surface area contributed by atoms with Gasteiger partial charge < -0.3 is 20.5 Å². The predicted octanol–water partition coefficient (Wildman–Crippen LogP) is 1.92. The summed E-state index contributed by atoms with van der Waals surface area (Å²) >= 11 is 0. The Hall–Kier alpha value is -2.34. The van der Waals surface area contributed by atoms with E-state index in [-0.39, 0.29) is 5.75 Å². The summed E-state index contributed by atoms with van der Waals surface area (Å²) in [7, 11) is 0. The van der Waals surface area contributed by atoms with Gasteiger partial charge in [0.05, 0.1) is 11.5 Å². The average molecular weight is 272 g/mol. The number of hydrogen-bond donors (Lipinski definition) is 4. The summed E-state index contributed by atoms with van der Waals surface area (Å²) in [5.74, 6) is 1.49. The lowest BCUT2D eigenvalue weighted by molar-refractivity contribution is 0.208.